The quantitative estimate of drug-likeness (QED) is 0.843. The molecule has 1 amide bonds. The summed E-state index contributed by atoms with van der Waals surface area (Å²) in [5.74, 6) is 1.09. The Kier molecular flexibility index (Phi) is 3.22. The Labute approximate surface area is 134 Å². The zero-order valence-electron chi connectivity index (χ0n) is 13.2. The third-order valence-corrected chi connectivity index (χ3v) is 4.71. The molecule has 3 aliphatic rings. The van der Waals surface area contributed by atoms with Gasteiger partial charge in [0.25, 0.3) is 0 Å². The fourth-order valence-corrected chi connectivity index (χ4v) is 3.56. The summed E-state index contributed by atoms with van der Waals surface area (Å²) in [6.45, 7) is 0. The number of carbonyl (C=O) groups is 1. The minimum absolute atomic E-state index is 0.0108. The van der Waals surface area contributed by atoms with Crippen molar-refractivity contribution >= 4 is 17.8 Å². The summed E-state index contributed by atoms with van der Waals surface area (Å²) in [6, 6.07) is 8.05. The number of hydrogen-bond acceptors (Lipinski definition) is 4. The zero-order chi connectivity index (χ0) is 16.0. The number of nitrogens with zero attached hydrogens (tertiary/aromatic N) is 2. The van der Waals surface area contributed by atoms with Crippen LogP contribution < -0.4 is 4.90 Å². The van der Waals surface area contributed by atoms with Crippen molar-refractivity contribution < 1.29 is 14.3 Å². The molecule has 1 aromatic carbocycles. The van der Waals surface area contributed by atoms with Gasteiger partial charge in [-0.1, -0.05) is 18.2 Å². The van der Waals surface area contributed by atoms with Crippen LogP contribution in [0.2, 0.25) is 0 Å². The molecule has 4 rings (SSSR count). The highest BCUT2D eigenvalue weighted by molar-refractivity contribution is 6.04. The van der Waals surface area contributed by atoms with E-state index in [1.807, 2.05) is 35.4 Å². The first-order valence-electron chi connectivity index (χ1n) is 7.71. The first kappa shape index (κ1) is 14.1. The molecule has 118 valence electrons. The van der Waals surface area contributed by atoms with Gasteiger partial charge in [-0.2, -0.15) is 0 Å². The van der Waals surface area contributed by atoms with Crippen LogP contribution in [0.4, 0.5) is 5.69 Å². The second-order valence-corrected chi connectivity index (χ2v) is 5.91. The van der Waals surface area contributed by atoms with Crippen LogP contribution in [0, 0.1) is 5.92 Å². The van der Waals surface area contributed by atoms with Crippen molar-refractivity contribution in [2.75, 3.05) is 19.1 Å². The third-order valence-electron chi connectivity index (χ3n) is 4.71. The Morgan fingerprint density at radius 1 is 1.17 bits per heavy atom. The highest BCUT2D eigenvalue weighted by Crippen LogP contribution is 2.39. The van der Waals surface area contributed by atoms with E-state index in [-0.39, 0.29) is 17.9 Å². The lowest BCUT2D eigenvalue weighted by Gasteiger charge is -2.27. The van der Waals surface area contributed by atoms with Gasteiger partial charge in [-0.05, 0) is 11.6 Å². The fourth-order valence-electron chi connectivity index (χ4n) is 3.56. The van der Waals surface area contributed by atoms with E-state index >= 15 is 0 Å². The Balaban J connectivity index is 1.76. The van der Waals surface area contributed by atoms with Crippen molar-refractivity contribution in [1.82, 2.24) is 0 Å². The van der Waals surface area contributed by atoms with Crippen LogP contribution in [0.3, 0.4) is 0 Å². The van der Waals surface area contributed by atoms with Gasteiger partial charge in [0.2, 0.25) is 5.91 Å². The normalized spacial score (nSPS) is 25.4. The summed E-state index contributed by atoms with van der Waals surface area (Å²) in [5.41, 5.74) is 2.94. The van der Waals surface area contributed by atoms with Crippen molar-refractivity contribution in [3.8, 4) is 0 Å². The summed E-state index contributed by atoms with van der Waals surface area (Å²) in [7, 11) is 3.20. The maximum absolute atomic E-state index is 13.2. The molecular weight excluding hydrogens is 292 g/mol. The van der Waals surface area contributed by atoms with Gasteiger partial charge < -0.3 is 14.4 Å². The number of methoxy groups -OCH3 is 2. The molecule has 1 aliphatic carbocycles. The number of carbonyl (C=O) groups excluding carboxylic acids is 1. The number of allylic oxidation sites excluding steroid dienone is 2. The van der Waals surface area contributed by atoms with E-state index in [1.54, 1.807) is 14.2 Å². The van der Waals surface area contributed by atoms with Crippen LogP contribution in [0.1, 0.15) is 12.0 Å². The van der Waals surface area contributed by atoms with Crippen molar-refractivity contribution in [1.29, 1.82) is 0 Å². The van der Waals surface area contributed by atoms with Gasteiger partial charge in [0.1, 0.15) is 5.76 Å². The molecule has 0 saturated heterocycles. The van der Waals surface area contributed by atoms with Gasteiger partial charge in [0.05, 0.1) is 31.9 Å². The molecule has 0 N–H and O–H groups in total. The van der Waals surface area contributed by atoms with E-state index in [9.17, 15) is 4.79 Å². The average molecular weight is 310 g/mol. The van der Waals surface area contributed by atoms with Crippen LogP contribution in [0.5, 0.6) is 0 Å². The molecule has 0 spiro atoms. The van der Waals surface area contributed by atoms with Crippen molar-refractivity contribution in [3.05, 3.63) is 53.1 Å². The molecule has 2 aliphatic heterocycles. The van der Waals surface area contributed by atoms with E-state index in [0.717, 1.165) is 17.8 Å². The standard InChI is InChI=1S/C18H18N2O3/c1-22-16-8-13-14(9-17(16)23-2)19-10-12-7-11-5-3-4-6-15(11)20(12)18(13)21/h3-6,9-10,12-13H,7-8H2,1-2H3/t12-,13?/m0/s1. The number of ether oxygens (including phenoxy) is 2. The number of benzene rings is 1. The molecule has 0 saturated carbocycles. The number of anilines is 1. The molecule has 0 fully saturated rings. The Hall–Kier alpha value is -2.56. The maximum atomic E-state index is 13.2. The van der Waals surface area contributed by atoms with Crippen LogP contribution in [0.15, 0.2) is 52.5 Å². The lowest BCUT2D eigenvalue weighted by molar-refractivity contribution is -0.121. The maximum Gasteiger partial charge on any atom is 0.237 e. The van der Waals surface area contributed by atoms with Gasteiger partial charge in [-0.15, -0.1) is 0 Å². The largest absolute Gasteiger partial charge is 0.497 e. The molecule has 1 aromatic rings. The first-order chi connectivity index (χ1) is 11.2. The highest BCUT2D eigenvalue weighted by atomic mass is 16.5. The number of hydrogen-bond donors (Lipinski definition) is 0. The molecule has 1 unspecified atom stereocenters. The van der Waals surface area contributed by atoms with Gasteiger partial charge in [0, 0.05) is 30.8 Å². The summed E-state index contributed by atoms with van der Waals surface area (Å²) in [6.07, 6.45) is 4.99. The summed E-state index contributed by atoms with van der Waals surface area (Å²) in [5, 5.41) is 0. The minimum Gasteiger partial charge on any atom is -0.497 e. The SMILES string of the molecule is COC1=C(OC)CC2C(=O)N3c4ccccc4C[C@H]3C=NC2=C1. The Bertz CT molecular complexity index is 763. The second-order valence-electron chi connectivity index (χ2n) is 5.91. The summed E-state index contributed by atoms with van der Waals surface area (Å²) in [4.78, 5) is 19.6. The highest BCUT2D eigenvalue weighted by Gasteiger charge is 2.41. The number of fused-ring (bicyclic) bond motifs is 4. The van der Waals surface area contributed by atoms with Gasteiger partial charge >= 0.3 is 0 Å². The molecular formula is C18H18N2O3. The number of rotatable bonds is 2. The van der Waals surface area contributed by atoms with E-state index in [2.05, 4.69) is 11.1 Å². The fraction of sp³-hybridized carbons (Fsp3) is 0.333. The molecule has 0 bridgehead atoms. The smallest absolute Gasteiger partial charge is 0.237 e. The van der Waals surface area contributed by atoms with Crippen molar-refractivity contribution in [3.63, 3.8) is 0 Å². The van der Waals surface area contributed by atoms with E-state index < -0.39 is 0 Å². The van der Waals surface area contributed by atoms with Crippen molar-refractivity contribution in [2.24, 2.45) is 10.9 Å². The Morgan fingerprint density at radius 3 is 2.78 bits per heavy atom. The number of para-hydroxylation sites is 1. The summed E-state index contributed by atoms with van der Waals surface area (Å²) >= 11 is 0. The lowest BCUT2D eigenvalue weighted by atomic mass is 9.93. The minimum atomic E-state index is -0.323. The van der Waals surface area contributed by atoms with Crippen molar-refractivity contribution in [2.45, 2.75) is 18.9 Å². The molecule has 0 radical (unpaired) electrons. The first-order valence-corrected chi connectivity index (χ1v) is 7.71. The zero-order valence-corrected chi connectivity index (χ0v) is 13.2. The van der Waals surface area contributed by atoms with E-state index in [4.69, 9.17) is 9.47 Å². The molecule has 5 heteroatoms. The van der Waals surface area contributed by atoms with E-state index in [1.165, 1.54) is 5.56 Å². The van der Waals surface area contributed by atoms with Crippen LogP contribution in [-0.4, -0.2) is 32.4 Å². The van der Waals surface area contributed by atoms with E-state index in [0.29, 0.717) is 17.9 Å². The van der Waals surface area contributed by atoms with Crippen LogP contribution in [0.25, 0.3) is 0 Å². The second kappa shape index (κ2) is 5.26. The monoisotopic (exact) mass is 310 g/mol. The molecule has 2 heterocycles. The van der Waals surface area contributed by atoms with Crippen LogP contribution in [-0.2, 0) is 20.7 Å². The lowest BCUT2D eigenvalue weighted by Crippen LogP contribution is -2.41. The summed E-state index contributed by atoms with van der Waals surface area (Å²) < 4.78 is 10.8. The van der Waals surface area contributed by atoms with Crippen LogP contribution >= 0.6 is 0 Å². The average Bonchev–Trinajstić information content (AvgIpc) is 2.90. The topological polar surface area (TPSA) is 51.1 Å². The third kappa shape index (κ3) is 2.07. The molecule has 5 nitrogen and oxygen atoms in total. The Morgan fingerprint density at radius 2 is 2.00 bits per heavy atom. The van der Waals surface area contributed by atoms with Gasteiger partial charge in [-0.3, -0.25) is 9.79 Å². The number of amides is 1. The number of aliphatic imine (C=N–C) groups is 1. The molecule has 0 aromatic heterocycles. The molecule has 23 heavy (non-hydrogen) atoms. The predicted octanol–water partition coefficient (Wildman–Crippen LogP) is 2.44. The predicted molar refractivity (Wildman–Crippen MR) is 87.1 cm³/mol. The molecule has 2 atom stereocenters. The van der Waals surface area contributed by atoms with Gasteiger partial charge in [0.15, 0.2) is 5.76 Å². The van der Waals surface area contributed by atoms with Gasteiger partial charge in [-0.25, -0.2) is 0 Å².